The van der Waals surface area contributed by atoms with Gasteiger partial charge >= 0.3 is 0 Å². The van der Waals surface area contributed by atoms with Crippen molar-refractivity contribution in [3.8, 4) is 12.3 Å². The average Bonchev–Trinajstić information content (AvgIpc) is 2.46. The molecule has 1 aromatic carbocycles. The van der Waals surface area contributed by atoms with Gasteiger partial charge in [0.05, 0.1) is 10.3 Å². The molecule has 21 heavy (non-hydrogen) atoms. The van der Waals surface area contributed by atoms with Crippen LogP contribution in [0.3, 0.4) is 0 Å². The minimum absolute atomic E-state index is 0.0630. The van der Waals surface area contributed by atoms with E-state index in [0.717, 1.165) is 23.2 Å². The summed E-state index contributed by atoms with van der Waals surface area (Å²) in [5.41, 5.74) is 1.73. The largest absolute Gasteiger partial charge is 0.381 e. The molecule has 5 nitrogen and oxygen atoms in total. The Kier molecular flexibility index (Phi) is 4.39. The number of nitro groups is 1. The molecule has 2 rings (SSSR count). The monoisotopic (exact) mass is 283 g/mol. The summed E-state index contributed by atoms with van der Waals surface area (Å²) in [6.07, 6.45) is 8.41. The Bertz CT molecular complexity index is 719. The molecule has 1 N–H and O–H groups in total. The van der Waals surface area contributed by atoms with E-state index in [9.17, 15) is 10.1 Å². The van der Waals surface area contributed by atoms with Crippen LogP contribution in [0.2, 0.25) is 0 Å². The molecule has 1 unspecified atom stereocenters. The highest BCUT2D eigenvalue weighted by atomic mass is 16.6. The number of anilines is 1. The van der Waals surface area contributed by atoms with Crippen LogP contribution in [0.1, 0.15) is 25.5 Å². The lowest BCUT2D eigenvalue weighted by Crippen LogP contribution is -2.17. The first-order chi connectivity index (χ1) is 10.1. The van der Waals surface area contributed by atoms with Crippen LogP contribution in [0.5, 0.6) is 0 Å². The Morgan fingerprint density at radius 2 is 2.24 bits per heavy atom. The van der Waals surface area contributed by atoms with E-state index in [1.54, 1.807) is 12.3 Å². The molecular formula is C16H17N3O2. The van der Waals surface area contributed by atoms with E-state index in [1.165, 1.54) is 6.07 Å². The van der Waals surface area contributed by atoms with Gasteiger partial charge < -0.3 is 5.32 Å². The number of nitrogens with one attached hydrogen (secondary N) is 1. The maximum atomic E-state index is 11.1. The molecule has 0 amide bonds. The van der Waals surface area contributed by atoms with Gasteiger partial charge in [0.2, 0.25) is 0 Å². The number of rotatable bonds is 5. The van der Waals surface area contributed by atoms with Gasteiger partial charge in [-0.25, -0.2) is 0 Å². The maximum Gasteiger partial charge on any atom is 0.278 e. The van der Waals surface area contributed by atoms with Crippen molar-refractivity contribution in [3.05, 3.63) is 40.2 Å². The molecular weight excluding hydrogens is 266 g/mol. The number of aromatic nitrogens is 1. The van der Waals surface area contributed by atoms with Crippen LogP contribution >= 0.6 is 0 Å². The molecule has 1 atom stereocenters. The third-order valence-electron chi connectivity index (χ3n) is 3.43. The van der Waals surface area contributed by atoms with Gasteiger partial charge in [-0.05, 0) is 25.5 Å². The fourth-order valence-corrected chi connectivity index (χ4v) is 2.27. The van der Waals surface area contributed by atoms with Crippen LogP contribution in [0, 0.1) is 29.4 Å². The number of hydrogen-bond donors (Lipinski definition) is 1. The van der Waals surface area contributed by atoms with Crippen LogP contribution in [0.4, 0.5) is 11.4 Å². The van der Waals surface area contributed by atoms with Gasteiger partial charge in [-0.2, -0.15) is 0 Å². The molecule has 1 aromatic heterocycles. The van der Waals surface area contributed by atoms with Crippen LogP contribution in [-0.2, 0) is 0 Å². The van der Waals surface area contributed by atoms with Gasteiger partial charge in [0.25, 0.3) is 5.69 Å². The van der Waals surface area contributed by atoms with Gasteiger partial charge in [-0.15, -0.1) is 12.3 Å². The summed E-state index contributed by atoms with van der Waals surface area (Å²) >= 11 is 0. The predicted molar refractivity (Wildman–Crippen MR) is 84.3 cm³/mol. The molecule has 0 spiro atoms. The zero-order valence-electron chi connectivity index (χ0n) is 12.1. The summed E-state index contributed by atoms with van der Waals surface area (Å²) in [5.74, 6) is 2.64. The van der Waals surface area contributed by atoms with Crippen molar-refractivity contribution in [1.82, 2.24) is 4.98 Å². The Morgan fingerprint density at radius 3 is 2.86 bits per heavy atom. The zero-order valence-corrected chi connectivity index (χ0v) is 12.1. The van der Waals surface area contributed by atoms with Crippen LogP contribution in [-0.4, -0.2) is 15.9 Å². The first-order valence-corrected chi connectivity index (χ1v) is 6.80. The van der Waals surface area contributed by atoms with E-state index in [4.69, 9.17) is 6.42 Å². The lowest BCUT2D eigenvalue weighted by atomic mass is 10.1. The molecule has 1 heterocycles. The van der Waals surface area contributed by atoms with Crippen molar-refractivity contribution < 1.29 is 4.92 Å². The van der Waals surface area contributed by atoms with Gasteiger partial charge in [0, 0.05) is 41.5 Å². The molecule has 0 fully saturated rings. The first kappa shape index (κ1) is 14.8. The highest BCUT2D eigenvalue weighted by Crippen LogP contribution is 2.32. The van der Waals surface area contributed by atoms with Crippen LogP contribution in [0.25, 0.3) is 10.8 Å². The fraction of sp³-hybridized carbons (Fsp3) is 0.312. The van der Waals surface area contributed by atoms with E-state index in [-0.39, 0.29) is 16.7 Å². The van der Waals surface area contributed by atoms with E-state index < -0.39 is 0 Å². The Hall–Kier alpha value is -2.61. The third-order valence-corrected chi connectivity index (χ3v) is 3.43. The topological polar surface area (TPSA) is 68.1 Å². The molecule has 0 aliphatic rings. The van der Waals surface area contributed by atoms with Crippen LogP contribution in [0.15, 0.2) is 24.4 Å². The van der Waals surface area contributed by atoms with E-state index in [0.29, 0.717) is 11.8 Å². The smallest absolute Gasteiger partial charge is 0.278 e. The molecule has 0 radical (unpaired) electrons. The second-order valence-corrected chi connectivity index (χ2v) is 4.92. The van der Waals surface area contributed by atoms with Crippen molar-refractivity contribution in [2.75, 3.05) is 5.32 Å². The molecule has 5 heteroatoms. The van der Waals surface area contributed by atoms with Crippen molar-refractivity contribution >= 4 is 22.1 Å². The molecule has 0 aliphatic carbocycles. The number of hydrogen-bond acceptors (Lipinski definition) is 4. The number of pyridine rings is 1. The fourth-order valence-electron chi connectivity index (χ4n) is 2.27. The first-order valence-electron chi connectivity index (χ1n) is 6.80. The number of non-ortho nitro benzene ring substituents is 1. The van der Waals surface area contributed by atoms with Crippen molar-refractivity contribution in [2.45, 2.75) is 32.7 Å². The minimum atomic E-state index is -0.387. The van der Waals surface area contributed by atoms with Crippen molar-refractivity contribution in [1.29, 1.82) is 0 Å². The average molecular weight is 283 g/mol. The Morgan fingerprint density at radius 1 is 1.48 bits per heavy atom. The number of terminal acetylenes is 1. The van der Waals surface area contributed by atoms with Crippen LogP contribution < -0.4 is 5.32 Å². The summed E-state index contributed by atoms with van der Waals surface area (Å²) in [6.45, 7) is 3.91. The molecule has 0 saturated carbocycles. The molecule has 0 aliphatic heterocycles. The van der Waals surface area contributed by atoms with Gasteiger partial charge in [-0.3, -0.25) is 15.1 Å². The number of nitro benzene ring substituents is 1. The standard InChI is InChI=1S/C16H17N3O2/c1-4-6-12(5-2)18-15-7-8-16(19(20)21)14-10-17-11(3)9-13(14)15/h1,7-10,12,18H,5-6H2,2-3H3. The van der Waals surface area contributed by atoms with E-state index in [2.05, 4.69) is 23.1 Å². The van der Waals surface area contributed by atoms with Gasteiger partial charge in [-0.1, -0.05) is 6.92 Å². The third kappa shape index (κ3) is 3.11. The Labute approximate surface area is 123 Å². The van der Waals surface area contributed by atoms with E-state index >= 15 is 0 Å². The SMILES string of the molecule is C#CCC(CC)Nc1ccc([N+](=O)[O-])c2cnc(C)cc12. The second-order valence-electron chi connectivity index (χ2n) is 4.92. The lowest BCUT2D eigenvalue weighted by molar-refractivity contribution is -0.383. The zero-order chi connectivity index (χ0) is 15.4. The lowest BCUT2D eigenvalue weighted by Gasteiger charge is -2.17. The summed E-state index contributed by atoms with van der Waals surface area (Å²) in [5, 5.41) is 15.8. The number of nitrogens with zero attached hydrogens (tertiary/aromatic N) is 2. The minimum Gasteiger partial charge on any atom is -0.381 e. The molecule has 108 valence electrons. The number of benzene rings is 1. The van der Waals surface area contributed by atoms with Crippen molar-refractivity contribution in [3.63, 3.8) is 0 Å². The quantitative estimate of drug-likeness (QED) is 0.516. The summed E-state index contributed by atoms with van der Waals surface area (Å²) in [4.78, 5) is 14.9. The maximum absolute atomic E-state index is 11.1. The molecule has 0 saturated heterocycles. The van der Waals surface area contributed by atoms with Gasteiger partial charge in [0.15, 0.2) is 0 Å². The number of fused-ring (bicyclic) bond motifs is 1. The van der Waals surface area contributed by atoms with E-state index in [1.807, 2.05) is 13.0 Å². The highest BCUT2D eigenvalue weighted by molar-refractivity contribution is 5.99. The summed E-state index contributed by atoms with van der Waals surface area (Å²) in [7, 11) is 0. The van der Waals surface area contributed by atoms with Crippen molar-refractivity contribution in [2.24, 2.45) is 0 Å². The van der Waals surface area contributed by atoms with Gasteiger partial charge in [0.1, 0.15) is 0 Å². The number of aryl methyl sites for hydroxylation is 1. The molecule has 2 aromatic rings. The predicted octanol–water partition coefficient (Wildman–Crippen LogP) is 3.67. The highest BCUT2D eigenvalue weighted by Gasteiger charge is 2.16. The second kappa shape index (κ2) is 6.23. The summed E-state index contributed by atoms with van der Waals surface area (Å²) in [6, 6.07) is 5.24. The molecule has 0 bridgehead atoms. The summed E-state index contributed by atoms with van der Waals surface area (Å²) < 4.78 is 0. The Balaban J connectivity index is 2.55. The normalized spacial score (nSPS) is 11.9.